The number of aromatic nitrogens is 1. The molecule has 2 rings (SSSR count). The minimum absolute atomic E-state index is 0.494. The number of rotatable bonds is 3. The summed E-state index contributed by atoms with van der Waals surface area (Å²) in [6.07, 6.45) is 2.47. The van der Waals surface area contributed by atoms with E-state index in [1.165, 1.54) is 6.08 Å². The van der Waals surface area contributed by atoms with Crippen molar-refractivity contribution in [2.24, 2.45) is 0 Å². The third-order valence-electron chi connectivity index (χ3n) is 2.24. The van der Waals surface area contributed by atoms with Crippen LogP contribution in [0.2, 0.25) is 0 Å². The van der Waals surface area contributed by atoms with Crippen molar-refractivity contribution in [3.8, 4) is 11.5 Å². The lowest BCUT2D eigenvalue weighted by atomic mass is 10.2. The molecule has 4 heteroatoms. The summed E-state index contributed by atoms with van der Waals surface area (Å²) in [6, 6.07) is 9.46. The van der Waals surface area contributed by atoms with Crippen LogP contribution < -0.4 is 0 Å². The van der Waals surface area contributed by atoms with Gasteiger partial charge in [-0.3, -0.25) is 0 Å². The third kappa shape index (κ3) is 2.60. The number of nitrogens with zero attached hydrogens (tertiary/aromatic N) is 1. The molecular formula is C13H11NO3. The smallest absolute Gasteiger partial charge is 0.328 e. The van der Waals surface area contributed by atoms with Crippen molar-refractivity contribution in [2.75, 3.05) is 0 Å². The largest absolute Gasteiger partial charge is 0.478 e. The SMILES string of the molecule is Cc1oc(-c2ccccc2)nc1/C=C/C(=O)O. The van der Waals surface area contributed by atoms with E-state index in [2.05, 4.69) is 4.98 Å². The molecule has 1 aromatic carbocycles. The molecule has 0 fully saturated rings. The monoisotopic (exact) mass is 229 g/mol. The second kappa shape index (κ2) is 4.65. The standard InChI is InChI=1S/C13H11NO3/c1-9-11(7-8-12(15)16)14-13(17-9)10-5-3-2-4-6-10/h2-8H,1H3,(H,15,16)/b8-7+. The first kappa shape index (κ1) is 11.1. The van der Waals surface area contributed by atoms with Crippen LogP contribution in [0, 0.1) is 6.92 Å². The summed E-state index contributed by atoms with van der Waals surface area (Å²) in [7, 11) is 0. The molecule has 0 saturated carbocycles. The van der Waals surface area contributed by atoms with Gasteiger partial charge >= 0.3 is 5.97 Å². The molecule has 0 aliphatic heterocycles. The van der Waals surface area contributed by atoms with Gasteiger partial charge in [-0.2, -0.15) is 0 Å². The van der Waals surface area contributed by atoms with Gasteiger partial charge in [0.2, 0.25) is 5.89 Å². The fourth-order valence-electron chi connectivity index (χ4n) is 1.42. The molecule has 0 saturated heterocycles. The Kier molecular flexibility index (Phi) is 3.05. The molecule has 17 heavy (non-hydrogen) atoms. The van der Waals surface area contributed by atoms with Crippen molar-refractivity contribution in [2.45, 2.75) is 6.92 Å². The highest BCUT2D eigenvalue weighted by atomic mass is 16.4. The van der Waals surface area contributed by atoms with Crippen LogP contribution in [0.4, 0.5) is 0 Å². The Labute approximate surface area is 98.2 Å². The Morgan fingerprint density at radius 2 is 2.06 bits per heavy atom. The first-order valence-electron chi connectivity index (χ1n) is 5.10. The Bertz CT molecular complexity index is 555. The van der Waals surface area contributed by atoms with E-state index in [0.717, 1.165) is 11.6 Å². The van der Waals surface area contributed by atoms with Gasteiger partial charge < -0.3 is 9.52 Å². The van der Waals surface area contributed by atoms with E-state index < -0.39 is 5.97 Å². The highest BCUT2D eigenvalue weighted by Gasteiger charge is 2.08. The maximum absolute atomic E-state index is 10.4. The Balaban J connectivity index is 2.34. The summed E-state index contributed by atoms with van der Waals surface area (Å²) >= 11 is 0. The molecule has 0 aliphatic rings. The van der Waals surface area contributed by atoms with Crippen LogP contribution >= 0.6 is 0 Å². The number of aryl methyl sites for hydroxylation is 1. The average Bonchev–Trinajstić information content (AvgIpc) is 2.69. The van der Waals surface area contributed by atoms with Crippen LogP contribution in [-0.2, 0) is 4.79 Å². The fraction of sp³-hybridized carbons (Fsp3) is 0.0769. The summed E-state index contributed by atoms with van der Waals surface area (Å²) in [6.45, 7) is 1.75. The summed E-state index contributed by atoms with van der Waals surface area (Å²) in [5, 5.41) is 8.54. The van der Waals surface area contributed by atoms with Crippen molar-refractivity contribution in [3.63, 3.8) is 0 Å². The molecule has 86 valence electrons. The van der Waals surface area contributed by atoms with E-state index in [1.54, 1.807) is 6.92 Å². The molecule has 1 heterocycles. The van der Waals surface area contributed by atoms with Crippen LogP contribution in [0.3, 0.4) is 0 Å². The molecule has 0 radical (unpaired) electrons. The van der Waals surface area contributed by atoms with Crippen molar-refractivity contribution in [3.05, 3.63) is 47.9 Å². The normalized spacial score (nSPS) is 10.9. The number of hydrogen-bond acceptors (Lipinski definition) is 3. The highest BCUT2D eigenvalue weighted by Crippen LogP contribution is 2.21. The zero-order valence-corrected chi connectivity index (χ0v) is 9.25. The fourth-order valence-corrected chi connectivity index (χ4v) is 1.42. The van der Waals surface area contributed by atoms with Gasteiger partial charge in [-0.1, -0.05) is 18.2 Å². The minimum Gasteiger partial charge on any atom is -0.478 e. The van der Waals surface area contributed by atoms with Crippen LogP contribution in [-0.4, -0.2) is 16.1 Å². The number of carboxylic acid groups (broad SMARTS) is 1. The number of benzene rings is 1. The maximum Gasteiger partial charge on any atom is 0.328 e. The third-order valence-corrected chi connectivity index (χ3v) is 2.24. The quantitative estimate of drug-likeness (QED) is 0.822. The van der Waals surface area contributed by atoms with Gasteiger partial charge in [-0.15, -0.1) is 0 Å². The molecule has 0 unspecified atom stereocenters. The Hall–Kier alpha value is -2.36. The van der Waals surface area contributed by atoms with Crippen LogP contribution in [0.15, 0.2) is 40.8 Å². The van der Waals surface area contributed by atoms with Gasteiger partial charge in [-0.05, 0) is 25.1 Å². The molecule has 4 nitrogen and oxygen atoms in total. The van der Waals surface area contributed by atoms with E-state index in [1.807, 2.05) is 30.3 Å². The van der Waals surface area contributed by atoms with Crippen molar-refractivity contribution in [1.29, 1.82) is 0 Å². The lowest BCUT2D eigenvalue weighted by Crippen LogP contribution is -1.86. The number of aliphatic carboxylic acids is 1. The van der Waals surface area contributed by atoms with E-state index in [9.17, 15) is 4.79 Å². The molecule has 0 bridgehead atoms. The highest BCUT2D eigenvalue weighted by molar-refractivity contribution is 5.85. The summed E-state index contributed by atoms with van der Waals surface area (Å²) < 4.78 is 5.48. The number of carbonyl (C=O) groups is 1. The molecule has 0 atom stereocenters. The topological polar surface area (TPSA) is 63.3 Å². The Morgan fingerprint density at radius 1 is 1.35 bits per heavy atom. The van der Waals surface area contributed by atoms with Crippen molar-refractivity contribution in [1.82, 2.24) is 4.98 Å². The predicted molar refractivity (Wildman–Crippen MR) is 63.3 cm³/mol. The number of hydrogen-bond donors (Lipinski definition) is 1. The van der Waals surface area contributed by atoms with Gasteiger partial charge in [0.1, 0.15) is 11.5 Å². The summed E-state index contributed by atoms with van der Waals surface area (Å²) in [4.78, 5) is 14.7. The molecular weight excluding hydrogens is 218 g/mol. The van der Waals surface area contributed by atoms with Gasteiger partial charge in [0.25, 0.3) is 0 Å². The lowest BCUT2D eigenvalue weighted by Gasteiger charge is -1.91. The Morgan fingerprint density at radius 3 is 2.71 bits per heavy atom. The van der Waals surface area contributed by atoms with E-state index in [0.29, 0.717) is 17.3 Å². The minimum atomic E-state index is -1.01. The molecule has 1 N–H and O–H groups in total. The van der Waals surface area contributed by atoms with Gasteiger partial charge in [0.05, 0.1) is 0 Å². The summed E-state index contributed by atoms with van der Waals surface area (Å²) in [5.74, 6) is 0.0863. The van der Waals surface area contributed by atoms with Crippen LogP contribution in [0.1, 0.15) is 11.5 Å². The van der Waals surface area contributed by atoms with Crippen LogP contribution in [0.5, 0.6) is 0 Å². The molecule has 0 aliphatic carbocycles. The van der Waals surface area contributed by atoms with Gasteiger partial charge in [0, 0.05) is 11.6 Å². The second-order valence-electron chi connectivity index (χ2n) is 3.50. The summed E-state index contributed by atoms with van der Waals surface area (Å²) in [5.41, 5.74) is 1.40. The first-order chi connectivity index (χ1) is 8.16. The zero-order chi connectivity index (χ0) is 12.3. The molecule has 0 amide bonds. The average molecular weight is 229 g/mol. The van der Waals surface area contributed by atoms with Gasteiger partial charge in [0.15, 0.2) is 0 Å². The van der Waals surface area contributed by atoms with Crippen molar-refractivity contribution >= 4 is 12.0 Å². The van der Waals surface area contributed by atoms with E-state index in [4.69, 9.17) is 9.52 Å². The number of carboxylic acids is 1. The van der Waals surface area contributed by atoms with Gasteiger partial charge in [-0.25, -0.2) is 9.78 Å². The maximum atomic E-state index is 10.4. The van der Waals surface area contributed by atoms with Crippen LogP contribution in [0.25, 0.3) is 17.5 Å². The second-order valence-corrected chi connectivity index (χ2v) is 3.50. The van der Waals surface area contributed by atoms with Crippen molar-refractivity contribution < 1.29 is 14.3 Å². The first-order valence-corrected chi connectivity index (χ1v) is 5.10. The lowest BCUT2D eigenvalue weighted by molar-refractivity contribution is -0.131. The van der Waals surface area contributed by atoms with E-state index >= 15 is 0 Å². The molecule has 1 aromatic heterocycles. The predicted octanol–water partition coefficient (Wildman–Crippen LogP) is 2.75. The van der Waals surface area contributed by atoms with E-state index in [-0.39, 0.29) is 0 Å². The number of oxazole rings is 1. The zero-order valence-electron chi connectivity index (χ0n) is 9.25. The molecule has 0 spiro atoms. The molecule has 2 aromatic rings.